The van der Waals surface area contributed by atoms with Gasteiger partial charge in [0.1, 0.15) is 6.10 Å². The first-order valence-corrected chi connectivity index (χ1v) is 14.9. The molecular formula is C30H42N8O2. The maximum atomic E-state index is 6.29. The number of rotatable bonds is 8. The number of pyridine rings is 1. The monoisotopic (exact) mass is 546 g/mol. The molecule has 1 saturated heterocycles. The average Bonchev–Trinajstić information content (AvgIpc) is 3.50. The van der Waals surface area contributed by atoms with Crippen LogP contribution in [0.25, 0.3) is 11.1 Å². The minimum Gasteiger partial charge on any atom is -0.457 e. The Morgan fingerprint density at radius 2 is 1.77 bits per heavy atom. The van der Waals surface area contributed by atoms with Crippen LogP contribution in [-0.4, -0.2) is 98.8 Å². The fourth-order valence-electron chi connectivity index (χ4n) is 6.69. The van der Waals surface area contributed by atoms with Crippen molar-refractivity contribution in [3.05, 3.63) is 48.8 Å². The Bertz CT molecular complexity index is 1200. The molecule has 0 bridgehead atoms. The number of likely N-dealkylation sites (N-methyl/N-ethyl adjacent to an activating group) is 1. The highest BCUT2D eigenvalue weighted by atomic mass is 16.5. The second-order valence-corrected chi connectivity index (χ2v) is 11.9. The molecule has 40 heavy (non-hydrogen) atoms. The highest BCUT2D eigenvalue weighted by Crippen LogP contribution is 2.37. The summed E-state index contributed by atoms with van der Waals surface area (Å²) in [6.45, 7) is 5.98. The molecule has 0 radical (unpaired) electrons. The maximum Gasteiger partial charge on any atom is 0.316 e. The third kappa shape index (κ3) is 6.50. The Balaban J connectivity index is 1.07. The van der Waals surface area contributed by atoms with Crippen LogP contribution < -0.4 is 4.74 Å². The zero-order valence-electron chi connectivity index (χ0n) is 23.8. The van der Waals surface area contributed by atoms with Crippen LogP contribution in [0, 0.1) is 5.92 Å². The number of aromatic nitrogens is 6. The van der Waals surface area contributed by atoms with E-state index in [1.807, 2.05) is 12.1 Å². The third-order valence-corrected chi connectivity index (χ3v) is 9.10. The molecule has 2 saturated carbocycles. The molecule has 3 aliphatic rings. The number of hydrogen-bond donors (Lipinski definition) is 0. The van der Waals surface area contributed by atoms with Crippen molar-refractivity contribution >= 4 is 0 Å². The van der Waals surface area contributed by atoms with Crippen LogP contribution in [0.1, 0.15) is 62.6 Å². The smallest absolute Gasteiger partial charge is 0.316 e. The van der Waals surface area contributed by atoms with Crippen LogP contribution in [0.2, 0.25) is 0 Å². The average molecular weight is 547 g/mol. The van der Waals surface area contributed by atoms with Gasteiger partial charge in [0.05, 0.1) is 17.8 Å². The first-order valence-electron chi connectivity index (χ1n) is 14.9. The lowest BCUT2D eigenvalue weighted by molar-refractivity contribution is -0.0398. The summed E-state index contributed by atoms with van der Waals surface area (Å²) in [4.78, 5) is 18.2. The van der Waals surface area contributed by atoms with Crippen molar-refractivity contribution in [2.45, 2.75) is 69.1 Å². The van der Waals surface area contributed by atoms with E-state index in [0.29, 0.717) is 11.9 Å². The van der Waals surface area contributed by atoms with Gasteiger partial charge in [-0.3, -0.25) is 4.98 Å². The number of methoxy groups -OCH3 is 1. The van der Waals surface area contributed by atoms with E-state index in [4.69, 9.17) is 9.47 Å². The molecule has 5 unspecified atom stereocenters. The van der Waals surface area contributed by atoms with Crippen LogP contribution in [0.5, 0.6) is 6.01 Å². The van der Waals surface area contributed by atoms with E-state index in [1.165, 1.54) is 58.4 Å². The van der Waals surface area contributed by atoms with E-state index < -0.39 is 0 Å². The lowest BCUT2D eigenvalue weighted by Gasteiger charge is -2.37. The number of ether oxygens (including phenoxy) is 2. The van der Waals surface area contributed by atoms with Crippen LogP contribution in [0.15, 0.2) is 43.1 Å². The minimum atomic E-state index is -0.150. The first kappa shape index (κ1) is 27.2. The molecule has 0 spiro atoms. The Morgan fingerprint density at radius 1 is 0.925 bits per heavy atom. The van der Waals surface area contributed by atoms with Gasteiger partial charge in [0, 0.05) is 94.3 Å². The summed E-state index contributed by atoms with van der Waals surface area (Å²) >= 11 is 0. The standard InChI is InChI=1S/C30H42N8O2/c1-36-11-13-37(14-12-36)20-22-5-3-6-23(15-22)27-21-38(35-34-27)26-8-9-28(39-2)29(16-26)40-30-32-18-25(19-33-30)24-7-4-10-31-17-24/h4,7,10,17-19,21-23,26,28-29H,3,5-6,8-9,11-16,20H2,1-2H3. The van der Waals surface area contributed by atoms with Gasteiger partial charge in [0.2, 0.25) is 0 Å². The quantitative estimate of drug-likeness (QED) is 0.418. The van der Waals surface area contributed by atoms with Gasteiger partial charge in [0.25, 0.3) is 0 Å². The van der Waals surface area contributed by atoms with Crippen LogP contribution in [0.3, 0.4) is 0 Å². The number of nitrogens with zero attached hydrogens (tertiary/aromatic N) is 8. The van der Waals surface area contributed by atoms with Crippen molar-refractivity contribution in [2.24, 2.45) is 5.92 Å². The summed E-state index contributed by atoms with van der Waals surface area (Å²) in [5.74, 6) is 1.26. The molecule has 3 aromatic heterocycles. The van der Waals surface area contributed by atoms with Gasteiger partial charge in [-0.2, -0.15) is 0 Å². The van der Waals surface area contributed by atoms with Crippen molar-refractivity contribution in [1.82, 2.24) is 39.7 Å². The van der Waals surface area contributed by atoms with Gasteiger partial charge in [-0.25, -0.2) is 14.6 Å². The van der Waals surface area contributed by atoms with E-state index >= 15 is 0 Å². The number of piperazine rings is 1. The Labute approximate surface area is 237 Å². The third-order valence-electron chi connectivity index (χ3n) is 9.10. The van der Waals surface area contributed by atoms with E-state index in [0.717, 1.165) is 42.0 Å². The molecule has 5 atom stereocenters. The maximum absolute atomic E-state index is 6.29. The second kappa shape index (κ2) is 12.7. The van der Waals surface area contributed by atoms with Crippen LogP contribution in [0.4, 0.5) is 0 Å². The van der Waals surface area contributed by atoms with Crippen molar-refractivity contribution in [2.75, 3.05) is 46.9 Å². The SMILES string of the molecule is COC1CCC(n2cc(C3CCCC(CN4CCN(C)CC4)C3)nn2)CC1Oc1ncc(-c2cccnc2)cn1. The van der Waals surface area contributed by atoms with E-state index in [-0.39, 0.29) is 18.2 Å². The van der Waals surface area contributed by atoms with Crippen molar-refractivity contribution < 1.29 is 9.47 Å². The van der Waals surface area contributed by atoms with Crippen molar-refractivity contribution in [3.8, 4) is 17.1 Å². The fourth-order valence-corrected chi connectivity index (χ4v) is 6.69. The van der Waals surface area contributed by atoms with Gasteiger partial charge in [-0.05, 0) is 51.1 Å². The number of hydrogen-bond acceptors (Lipinski definition) is 9. The van der Waals surface area contributed by atoms with E-state index in [2.05, 4.69) is 53.0 Å². The molecule has 3 aromatic rings. The highest BCUT2D eigenvalue weighted by Gasteiger charge is 2.35. The molecule has 214 valence electrons. The molecule has 0 N–H and O–H groups in total. The molecule has 4 heterocycles. The van der Waals surface area contributed by atoms with Crippen molar-refractivity contribution in [3.63, 3.8) is 0 Å². The van der Waals surface area contributed by atoms with Gasteiger partial charge in [-0.1, -0.05) is 17.7 Å². The zero-order valence-corrected chi connectivity index (χ0v) is 23.8. The molecular weight excluding hydrogens is 504 g/mol. The van der Waals surface area contributed by atoms with Crippen molar-refractivity contribution in [1.29, 1.82) is 0 Å². The summed E-state index contributed by atoms with van der Waals surface area (Å²) in [5, 5.41) is 9.30. The van der Waals surface area contributed by atoms with Crippen LogP contribution in [-0.2, 0) is 4.74 Å². The molecule has 10 heteroatoms. The molecule has 6 rings (SSSR count). The molecule has 10 nitrogen and oxygen atoms in total. The van der Waals surface area contributed by atoms with E-state index in [1.54, 1.807) is 31.9 Å². The largest absolute Gasteiger partial charge is 0.457 e. The Hall–Kier alpha value is -2.95. The fraction of sp³-hybridized carbons (Fsp3) is 0.633. The molecule has 0 amide bonds. The van der Waals surface area contributed by atoms with Gasteiger partial charge in [0.15, 0.2) is 0 Å². The summed E-state index contributed by atoms with van der Waals surface area (Å²) in [6, 6.07) is 4.49. The topological polar surface area (TPSA) is 94.3 Å². The molecule has 1 aliphatic heterocycles. The van der Waals surface area contributed by atoms with Crippen LogP contribution >= 0.6 is 0 Å². The lowest BCUT2D eigenvalue weighted by atomic mass is 9.79. The Kier molecular flexibility index (Phi) is 8.65. The Morgan fingerprint density at radius 3 is 2.55 bits per heavy atom. The summed E-state index contributed by atoms with van der Waals surface area (Å²) in [7, 11) is 3.98. The molecule has 3 fully saturated rings. The normalized spacial score (nSPS) is 28.4. The first-order chi connectivity index (χ1) is 19.6. The van der Waals surface area contributed by atoms with Gasteiger partial charge < -0.3 is 19.3 Å². The van der Waals surface area contributed by atoms with E-state index in [9.17, 15) is 0 Å². The molecule has 2 aliphatic carbocycles. The second-order valence-electron chi connectivity index (χ2n) is 11.9. The highest BCUT2D eigenvalue weighted by molar-refractivity contribution is 5.59. The summed E-state index contributed by atoms with van der Waals surface area (Å²) < 4.78 is 14.2. The summed E-state index contributed by atoms with van der Waals surface area (Å²) in [6.07, 6.45) is 16.9. The predicted molar refractivity (Wildman–Crippen MR) is 152 cm³/mol. The zero-order chi connectivity index (χ0) is 27.3. The van der Waals surface area contributed by atoms with Gasteiger partial charge >= 0.3 is 6.01 Å². The summed E-state index contributed by atoms with van der Waals surface area (Å²) in [5.41, 5.74) is 3.05. The molecule has 0 aromatic carbocycles. The minimum absolute atomic E-state index is 0.00507. The van der Waals surface area contributed by atoms with Gasteiger partial charge in [-0.15, -0.1) is 5.10 Å². The lowest BCUT2D eigenvalue weighted by Crippen LogP contribution is -2.46. The predicted octanol–water partition coefficient (Wildman–Crippen LogP) is 3.84.